The van der Waals surface area contributed by atoms with Gasteiger partial charge in [-0.3, -0.25) is 4.79 Å². The van der Waals surface area contributed by atoms with Crippen LogP contribution in [-0.4, -0.2) is 61.3 Å². The molecule has 1 fully saturated rings. The Kier molecular flexibility index (Phi) is 4.19. The van der Waals surface area contributed by atoms with Crippen LogP contribution in [0.15, 0.2) is 18.2 Å². The second-order valence-electron chi connectivity index (χ2n) is 6.25. The number of nitrogens with zero attached hydrogens (tertiary/aromatic N) is 1. The zero-order valence-corrected chi connectivity index (χ0v) is 14.0. The van der Waals surface area contributed by atoms with Gasteiger partial charge in [0.1, 0.15) is 0 Å². The van der Waals surface area contributed by atoms with Crippen molar-refractivity contribution in [1.82, 2.24) is 9.88 Å². The van der Waals surface area contributed by atoms with Gasteiger partial charge in [0.15, 0.2) is 6.10 Å². The predicted molar refractivity (Wildman–Crippen MR) is 89.3 cm³/mol. The SMILES string of the molecule is COC(=O)c1cccc2c3c([nH]c12)CCN(C(=O)[C@H]1COCCO1)C3. The van der Waals surface area contributed by atoms with Crippen LogP contribution in [0, 0.1) is 0 Å². The number of nitrogens with one attached hydrogen (secondary N) is 1. The smallest absolute Gasteiger partial charge is 0.339 e. The molecule has 1 N–H and O–H groups in total. The zero-order chi connectivity index (χ0) is 17.4. The topological polar surface area (TPSA) is 80.9 Å². The molecule has 7 heteroatoms. The lowest BCUT2D eigenvalue weighted by molar-refractivity contribution is -0.158. The predicted octanol–water partition coefficient (Wildman–Crippen LogP) is 1.25. The van der Waals surface area contributed by atoms with Crippen LogP contribution in [0.25, 0.3) is 10.9 Å². The molecule has 2 aromatic rings. The highest BCUT2D eigenvalue weighted by Crippen LogP contribution is 2.30. The number of amides is 1. The van der Waals surface area contributed by atoms with E-state index in [-0.39, 0.29) is 11.9 Å². The summed E-state index contributed by atoms with van der Waals surface area (Å²) in [5.74, 6) is -0.409. The maximum Gasteiger partial charge on any atom is 0.339 e. The fourth-order valence-electron chi connectivity index (χ4n) is 3.54. The summed E-state index contributed by atoms with van der Waals surface area (Å²) < 4.78 is 15.7. The summed E-state index contributed by atoms with van der Waals surface area (Å²) in [4.78, 5) is 29.8. The van der Waals surface area contributed by atoms with Gasteiger partial charge in [0.25, 0.3) is 5.91 Å². The summed E-state index contributed by atoms with van der Waals surface area (Å²) in [5.41, 5.74) is 3.40. The van der Waals surface area contributed by atoms with Crippen molar-refractivity contribution in [3.8, 4) is 0 Å². The van der Waals surface area contributed by atoms with Gasteiger partial charge >= 0.3 is 5.97 Å². The first-order chi connectivity index (χ1) is 12.2. The van der Waals surface area contributed by atoms with Gasteiger partial charge in [-0.1, -0.05) is 12.1 Å². The van der Waals surface area contributed by atoms with E-state index in [4.69, 9.17) is 14.2 Å². The number of para-hydroxylation sites is 1. The molecule has 2 aliphatic rings. The number of hydrogen-bond donors (Lipinski definition) is 1. The van der Waals surface area contributed by atoms with Crippen LogP contribution in [0.1, 0.15) is 21.6 Å². The van der Waals surface area contributed by atoms with Gasteiger partial charge in [-0.2, -0.15) is 0 Å². The van der Waals surface area contributed by atoms with Crippen LogP contribution in [0.3, 0.4) is 0 Å². The average molecular weight is 344 g/mol. The number of benzene rings is 1. The molecular weight excluding hydrogens is 324 g/mol. The number of carbonyl (C=O) groups excluding carboxylic acids is 2. The number of hydrogen-bond acceptors (Lipinski definition) is 5. The van der Waals surface area contributed by atoms with Crippen molar-refractivity contribution < 1.29 is 23.8 Å². The Bertz CT molecular complexity index is 822. The van der Waals surface area contributed by atoms with Crippen LogP contribution in [-0.2, 0) is 32.0 Å². The van der Waals surface area contributed by atoms with E-state index in [1.54, 1.807) is 11.0 Å². The maximum atomic E-state index is 12.7. The summed E-state index contributed by atoms with van der Waals surface area (Å²) >= 11 is 0. The van der Waals surface area contributed by atoms with Crippen molar-refractivity contribution >= 4 is 22.8 Å². The molecule has 0 radical (unpaired) electrons. The highest BCUT2D eigenvalue weighted by atomic mass is 16.6. The van der Waals surface area contributed by atoms with E-state index in [0.717, 1.165) is 22.2 Å². The first-order valence-corrected chi connectivity index (χ1v) is 8.38. The molecule has 25 heavy (non-hydrogen) atoms. The van der Waals surface area contributed by atoms with Crippen molar-refractivity contribution in [1.29, 1.82) is 0 Å². The summed E-state index contributed by atoms with van der Waals surface area (Å²) in [7, 11) is 1.37. The van der Waals surface area contributed by atoms with Crippen molar-refractivity contribution in [2.24, 2.45) is 0 Å². The Morgan fingerprint density at radius 3 is 2.96 bits per heavy atom. The fourth-order valence-corrected chi connectivity index (χ4v) is 3.54. The van der Waals surface area contributed by atoms with Crippen LogP contribution in [0.2, 0.25) is 0 Å². The molecule has 1 atom stereocenters. The molecule has 0 unspecified atom stereocenters. The highest BCUT2D eigenvalue weighted by molar-refractivity contribution is 6.04. The van der Waals surface area contributed by atoms with E-state index in [9.17, 15) is 9.59 Å². The first-order valence-electron chi connectivity index (χ1n) is 8.38. The summed E-state index contributed by atoms with van der Waals surface area (Å²) in [5, 5.41) is 0.955. The van der Waals surface area contributed by atoms with Crippen LogP contribution < -0.4 is 0 Å². The molecule has 3 heterocycles. The summed E-state index contributed by atoms with van der Waals surface area (Å²) in [6.45, 7) is 2.41. The van der Waals surface area contributed by atoms with Gasteiger partial charge in [0.2, 0.25) is 0 Å². The third-order valence-electron chi connectivity index (χ3n) is 4.82. The number of rotatable bonds is 2. The highest BCUT2D eigenvalue weighted by Gasteiger charge is 2.31. The number of methoxy groups -OCH3 is 1. The minimum absolute atomic E-state index is 0.0381. The Hall–Kier alpha value is -2.38. The zero-order valence-electron chi connectivity index (χ0n) is 14.0. The molecule has 1 amide bonds. The van der Waals surface area contributed by atoms with E-state index in [2.05, 4.69) is 4.98 Å². The molecule has 0 spiro atoms. The van der Waals surface area contributed by atoms with Crippen LogP contribution in [0.4, 0.5) is 0 Å². The number of aromatic nitrogens is 1. The number of ether oxygens (including phenoxy) is 3. The van der Waals surface area contributed by atoms with E-state index < -0.39 is 6.10 Å². The molecule has 4 rings (SSSR count). The van der Waals surface area contributed by atoms with Crippen molar-refractivity contribution in [2.45, 2.75) is 19.1 Å². The van der Waals surface area contributed by atoms with Crippen LogP contribution in [0.5, 0.6) is 0 Å². The molecule has 1 aromatic heterocycles. The molecule has 1 saturated heterocycles. The van der Waals surface area contributed by atoms with Gasteiger partial charge in [0.05, 0.1) is 38.0 Å². The van der Waals surface area contributed by atoms with E-state index >= 15 is 0 Å². The maximum absolute atomic E-state index is 12.7. The molecular formula is C18H20N2O5. The van der Waals surface area contributed by atoms with Gasteiger partial charge in [-0.15, -0.1) is 0 Å². The Morgan fingerprint density at radius 1 is 1.32 bits per heavy atom. The molecule has 0 aliphatic carbocycles. The van der Waals surface area contributed by atoms with Gasteiger partial charge < -0.3 is 24.1 Å². The Morgan fingerprint density at radius 2 is 2.20 bits per heavy atom. The lowest BCUT2D eigenvalue weighted by Crippen LogP contribution is -2.46. The van der Waals surface area contributed by atoms with Gasteiger partial charge in [-0.25, -0.2) is 4.79 Å². The molecule has 7 nitrogen and oxygen atoms in total. The Balaban J connectivity index is 1.64. The Labute approximate surface area is 144 Å². The lowest BCUT2D eigenvalue weighted by Gasteiger charge is -2.32. The van der Waals surface area contributed by atoms with Crippen molar-refractivity contribution in [2.75, 3.05) is 33.5 Å². The average Bonchev–Trinajstić information content (AvgIpc) is 3.05. The normalized spacial score (nSPS) is 20.4. The number of fused-ring (bicyclic) bond motifs is 3. The molecule has 132 valence electrons. The third-order valence-corrected chi connectivity index (χ3v) is 4.82. The first kappa shape index (κ1) is 16.1. The van der Waals surface area contributed by atoms with Gasteiger partial charge in [-0.05, 0) is 6.07 Å². The third kappa shape index (κ3) is 2.79. The van der Waals surface area contributed by atoms with Crippen molar-refractivity contribution in [3.05, 3.63) is 35.0 Å². The monoisotopic (exact) mass is 344 g/mol. The van der Waals surface area contributed by atoms with Crippen molar-refractivity contribution in [3.63, 3.8) is 0 Å². The summed E-state index contributed by atoms with van der Waals surface area (Å²) in [6.07, 6.45) is 0.190. The quantitative estimate of drug-likeness (QED) is 0.830. The lowest BCUT2D eigenvalue weighted by atomic mass is 10.0. The minimum atomic E-state index is -0.522. The molecule has 0 bridgehead atoms. The van der Waals surface area contributed by atoms with E-state index in [1.165, 1.54) is 7.11 Å². The number of esters is 1. The largest absolute Gasteiger partial charge is 0.465 e. The minimum Gasteiger partial charge on any atom is -0.465 e. The fraction of sp³-hybridized carbons (Fsp3) is 0.444. The molecule has 1 aromatic carbocycles. The number of aromatic amines is 1. The van der Waals surface area contributed by atoms with Crippen LogP contribution >= 0.6 is 0 Å². The molecule has 2 aliphatic heterocycles. The second-order valence-corrected chi connectivity index (χ2v) is 6.25. The number of carbonyl (C=O) groups is 2. The second kappa shape index (κ2) is 6.50. The van der Waals surface area contributed by atoms with Gasteiger partial charge in [0, 0.05) is 36.2 Å². The van der Waals surface area contributed by atoms with E-state index in [0.29, 0.717) is 44.9 Å². The summed E-state index contributed by atoms with van der Waals surface area (Å²) in [6, 6.07) is 5.54. The number of H-pyrrole nitrogens is 1. The molecule has 0 saturated carbocycles. The van der Waals surface area contributed by atoms with E-state index in [1.807, 2.05) is 12.1 Å². The standard InChI is InChI=1S/C18H20N2O5/c1-23-18(22)12-4-2-3-11-13-9-20(6-5-14(13)19-16(11)12)17(21)15-10-24-7-8-25-15/h2-4,15,19H,5-10H2,1H3/t15-/m1/s1.